The van der Waals surface area contributed by atoms with Gasteiger partial charge in [0.05, 0.1) is 0 Å². The normalized spacial score (nSPS) is 12.5. The molecule has 0 bridgehead atoms. The maximum Gasteiger partial charge on any atom is 0.146 e. The zero-order chi connectivity index (χ0) is 24.1. The van der Waals surface area contributed by atoms with Crippen molar-refractivity contribution in [2.75, 3.05) is 0 Å². The maximum atomic E-state index is 11.2. The molecule has 5 heteroatoms. The first-order valence-electron chi connectivity index (χ1n) is 11.4. The second kappa shape index (κ2) is 7.91. The van der Waals surface area contributed by atoms with Gasteiger partial charge < -0.3 is 10.2 Å². The lowest BCUT2D eigenvalue weighted by molar-refractivity contribution is 0.437. The van der Waals surface area contributed by atoms with Crippen LogP contribution in [0, 0.1) is 6.92 Å². The molecule has 0 amide bonds. The number of aromatic hydroxyl groups is 2. The first-order valence-corrected chi connectivity index (χ1v) is 11.4. The minimum atomic E-state index is -0.209. The van der Waals surface area contributed by atoms with Crippen molar-refractivity contribution in [1.82, 2.24) is 15.0 Å². The summed E-state index contributed by atoms with van der Waals surface area (Å²) in [6.45, 7) is 14.8. The molecule has 0 unspecified atom stereocenters. The van der Waals surface area contributed by atoms with Crippen molar-refractivity contribution in [1.29, 1.82) is 0 Å². The van der Waals surface area contributed by atoms with Crippen molar-refractivity contribution in [3.8, 4) is 17.2 Å². The van der Waals surface area contributed by atoms with Gasteiger partial charge in [-0.2, -0.15) is 0 Å². The van der Waals surface area contributed by atoms with Gasteiger partial charge in [0.25, 0.3) is 0 Å². The molecule has 1 heterocycles. The Balaban J connectivity index is 1.85. The van der Waals surface area contributed by atoms with Crippen LogP contribution >= 0.6 is 0 Å². The summed E-state index contributed by atoms with van der Waals surface area (Å²) < 4.78 is 0. The molecule has 0 spiro atoms. The van der Waals surface area contributed by atoms with Gasteiger partial charge in [-0.25, -0.2) is 0 Å². The highest BCUT2D eigenvalue weighted by Crippen LogP contribution is 2.40. The predicted octanol–water partition coefficient (Wildman–Crippen LogP) is 6.33. The molecule has 0 atom stereocenters. The fourth-order valence-electron chi connectivity index (χ4n) is 4.13. The summed E-state index contributed by atoms with van der Waals surface area (Å²) in [6, 6.07) is 15.6. The summed E-state index contributed by atoms with van der Waals surface area (Å²) in [4.78, 5) is 1.49. The molecule has 172 valence electrons. The van der Waals surface area contributed by atoms with E-state index in [-0.39, 0.29) is 16.6 Å². The quantitative estimate of drug-likeness (QED) is 0.388. The predicted molar refractivity (Wildman–Crippen MR) is 134 cm³/mol. The standard InChI is InChI=1S/C28H33N3O2/c1-17-12-18(26(33)24(13-17)31-29-22-10-8-9-11-23(22)30-31)14-19-15-20(27(2,3)4)16-21(25(19)32)28(5,6)7/h8-13,15-16,32-33H,14H2,1-7H3. The second-order valence-electron chi connectivity index (χ2n) is 11.0. The molecule has 0 radical (unpaired) electrons. The number of fused-ring (bicyclic) bond motifs is 1. The minimum Gasteiger partial charge on any atom is -0.507 e. The van der Waals surface area contributed by atoms with Crippen molar-refractivity contribution in [3.63, 3.8) is 0 Å². The van der Waals surface area contributed by atoms with E-state index in [1.165, 1.54) is 4.80 Å². The Bertz CT molecular complexity index is 1300. The largest absolute Gasteiger partial charge is 0.507 e. The van der Waals surface area contributed by atoms with Crippen LogP contribution in [0.3, 0.4) is 0 Å². The highest BCUT2D eigenvalue weighted by atomic mass is 16.3. The molecule has 33 heavy (non-hydrogen) atoms. The lowest BCUT2D eigenvalue weighted by Gasteiger charge is -2.27. The van der Waals surface area contributed by atoms with Gasteiger partial charge in [-0.1, -0.05) is 71.9 Å². The van der Waals surface area contributed by atoms with E-state index >= 15 is 0 Å². The molecular weight excluding hydrogens is 410 g/mol. The maximum absolute atomic E-state index is 11.2. The summed E-state index contributed by atoms with van der Waals surface area (Å²) in [5.41, 5.74) is 6.39. The van der Waals surface area contributed by atoms with E-state index in [9.17, 15) is 10.2 Å². The Kier molecular flexibility index (Phi) is 5.47. The Morgan fingerprint density at radius 3 is 1.88 bits per heavy atom. The van der Waals surface area contributed by atoms with Crippen molar-refractivity contribution >= 4 is 11.0 Å². The lowest BCUT2D eigenvalue weighted by atomic mass is 9.78. The van der Waals surface area contributed by atoms with Crippen molar-refractivity contribution < 1.29 is 10.2 Å². The summed E-state index contributed by atoms with van der Waals surface area (Å²) in [7, 11) is 0. The first-order chi connectivity index (χ1) is 15.3. The van der Waals surface area contributed by atoms with Gasteiger partial charge in [0.15, 0.2) is 0 Å². The Hall–Kier alpha value is -3.34. The number of hydrogen-bond acceptors (Lipinski definition) is 4. The molecule has 0 saturated heterocycles. The van der Waals surface area contributed by atoms with Gasteiger partial charge in [-0.05, 0) is 58.2 Å². The van der Waals surface area contributed by atoms with E-state index in [1.807, 2.05) is 43.3 Å². The Morgan fingerprint density at radius 1 is 0.758 bits per heavy atom. The van der Waals surface area contributed by atoms with Crippen LogP contribution in [0.5, 0.6) is 11.5 Å². The molecule has 0 aliphatic carbocycles. The van der Waals surface area contributed by atoms with E-state index in [2.05, 4.69) is 63.9 Å². The number of aromatic nitrogens is 3. The van der Waals surface area contributed by atoms with E-state index in [0.717, 1.165) is 38.9 Å². The van der Waals surface area contributed by atoms with Gasteiger partial charge >= 0.3 is 0 Å². The highest BCUT2D eigenvalue weighted by Gasteiger charge is 2.25. The molecule has 0 aliphatic heterocycles. The summed E-state index contributed by atoms with van der Waals surface area (Å²) in [5.74, 6) is 0.416. The number of nitrogens with zero attached hydrogens (tertiary/aromatic N) is 3. The Morgan fingerprint density at radius 2 is 1.33 bits per heavy atom. The molecule has 5 nitrogen and oxygen atoms in total. The number of rotatable bonds is 3. The average Bonchev–Trinajstić information content (AvgIpc) is 3.14. The number of aryl methyl sites for hydroxylation is 1. The third-order valence-corrected chi connectivity index (χ3v) is 6.06. The topological polar surface area (TPSA) is 71.2 Å². The SMILES string of the molecule is Cc1cc(Cc2cc(C(C)(C)C)cc(C(C)(C)C)c2O)c(O)c(-n2nc3ccccc3n2)c1. The minimum absolute atomic E-state index is 0.0681. The van der Waals surface area contributed by atoms with Gasteiger partial charge in [-0.15, -0.1) is 15.0 Å². The summed E-state index contributed by atoms with van der Waals surface area (Å²) in [6.07, 6.45) is 0.403. The monoisotopic (exact) mass is 443 g/mol. The zero-order valence-electron chi connectivity index (χ0n) is 20.6. The Labute approximate surface area is 195 Å². The van der Waals surface area contributed by atoms with E-state index in [0.29, 0.717) is 17.9 Å². The van der Waals surface area contributed by atoms with Crippen molar-refractivity contribution in [3.05, 3.63) is 76.3 Å². The number of phenols is 2. The highest BCUT2D eigenvalue weighted by molar-refractivity contribution is 5.73. The fraction of sp³-hybridized carbons (Fsp3) is 0.357. The molecular formula is C28H33N3O2. The van der Waals surface area contributed by atoms with Crippen LogP contribution in [-0.2, 0) is 17.3 Å². The average molecular weight is 444 g/mol. The first kappa shape index (κ1) is 22.8. The molecule has 2 N–H and O–H groups in total. The van der Waals surface area contributed by atoms with Gasteiger partial charge in [0.2, 0.25) is 0 Å². The third-order valence-electron chi connectivity index (χ3n) is 6.06. The number of phenolic OH excluding ortho intramolecular Hbond substituents is 2. The van der Waals surface area contributed by atoms with Crippen molar-refractivity contribution in [2.24, 2.45) is 0 Å². The van der Waals surface area contributed by atoms with Gasteiger partial charge in [-0.3, -0.25) is 0 Å². The van der Waals surface area contributed by atoms with Crippen LogP contribution < -0.4 is 0 Å². The van der Waals surface area contributed by atoms with Crippen LogP contribution in [0.2, 0.25) is 0 Å². The second-order valence-corrected chi connectivity index (χ2v) is 11.0. The number of hydrogen-bond donors (Lipinski definition) is 2. The lowest BCUT2D eigenvalue weighted by Crippen LogP contribution is -2.17. The number of benzene rings is 3. The molecule has 3 aromatic carbocycles. The van der Waals surface area contributed by atoms with Crippen LogP contribution in [0.15, 0.2) is 48.5 Å². The van der Waals surface area contributed by atoms with Crippen LogP contribution in [0.4, 0.5) is 0 Å². The smallest absolute Gasteiger partial charge is 0.146 e. The zero-order valence-corrected chi connectivity index (χ0v) is 20.6. The third kappa shape index (κ3) is 4.45. The van der Waals surface area contributed by atoms with Crippen molar-refractivity contribution in [2.45, 2.75) is 65.7 Å². The van der Waals surface area contributed by atoms with E-state index < -0.39 is 0 Å². The molecule has 4 rings (SSSR count). The van der Waals surface area contributed by atoms with E-state index in [1.54, 1.807) is 0 Å². The van der Waals surface area contributed by atoms with Gasteiger partial charge in [0.1, 0.15) is 28.2 Å². The summed E-state index contributed by atoms with van der Waals surface area (Å²) in [5, 5.41) is 31.5. The van der Waals surface area contributed by atoms with Crippen LogP contribution in [0.25, 0.3) is 16.7 Å². The molecule has 4 aromatic rings. The van der Waals surface area contributed by atoms with Crippen LogP contribution in [0.1, 0.15) is 69.4 Å². The molecule has 0 saturated carbocycles. The molecule has 0 fully saturated rings. The van der Waals surface area contributed by atoms with E-state index in [4.69, 9.17) is 0 Å². The van der Waals surface area contributed by atoms with Crippen LogP contribution in [-0.4, -0.2) is 25.2 Å². The molecule has 1 aromatic heterocycles. The molecule has 0 aliphatic rings. The van der Waals surface area contributed by atoms with Gasteiger partial charge in [0, 0.05) is 12.0 Å². The summed E-state index contributed by atoms with van der Waals surface area (Å²) >= 11 is 0. The fourth-order valence-corrected chi connectivity index (χ4v) is 4.13.